The van der Waals surface area contributed by atoms with Crippen molar-refractivity contribution in [1.29, 1.82) is 0 Å². The standard InChI is InChI=1S/C34H51N5O7S.C10H6N2.2Li/c1-7-38(8-2)13-14-44-15-16-45-17-18-46-22-29(41)37-31(34(4,5)6)33(43)39-21-27(40)19-28(39)32(42)35-20-25-9-11-26(12-10-25)30-24(3)36-23-47-30;1-2-8-11-9-12-10-6-4-3-5-7-10;;/h9-12,23,27-28,31,40H,1-2,7-8,13-22H2,3-6H3,(H,35,42)(H,37,41);1-6H;;/q-2;-4;2*+1/t27-,28+,31-;;;/m1.../s1. The molecule has 2 aromatic carbocycles. The van der Waals surface area contributed by atoms with Crippen molar-refractivity contribution in [3.63, 3.8) is 0 Å². The summed E-state index contributed by atoms with van der Waals surface area (Å²) in [5, 5.41) is 16.1. The number of aliphatic hydroxyl groups is 1. The number of nitrogens with zero attached hydrogens (tertiary/aromatic N) is 5. The molecule has 1 aliphatic rings. The Kier molecular flexibility index (Phi) is 27.9. The molecule has 322 valence electrons. The number of nitrogens with one attached hydrogen (secondary N) is 2. The summed E-state index contributed by atoms with van der Waals surface area (Å²) >= 11 is 1.58. The number of aliphatic imine (C=N–C) groups is 2. The SMILES string of the molecule is [CH-]=C[C-]=N[C-]=Nc1[c-]cccc1.[CH2-]CN(C[CH2-])CCOCCOCCOCC(=O)N[C@H](C(=O)N1C[C@H](O)C[C@H]1C(=O)NCc1ccc(-c2scnc2C)cc1)C(C)(C)C.[Li+].[Li+]. The van der Waals surface area contributed by atoms with E-state index in [0.29, 0.717) is 45.2 Å². The van der Waals surface area contributed by atoms with Crippen LogP contribution in [0, 0.1) is 38.8 Å². The predicted octanol–water partition coefficient (Wildman–Crippen LogP) is -1.78. The minimum Gasteiger partial charge on any atom is -0.538 e. The Morgan fingerprint density at radius 3 is 2.34 bits per heavy atom. The van der Waals surface area contributed by atoms with E-state index in [2.05, 4.69) is 63.0 Å². The van der Waals surface area contributed by atoms with Gasteiger partial charge in [0.2, 0.25) is 17.7 Å². The van der Waals surface area contributed by atoms with Gasteiger partial charge in [0.1, 0.15) is 18.7 Å². The van der Waals surface area contributed by atoms with E-state index in [0.717, 1.165) is 28.2 Å². The number of ether oxygens (including phenoxy) is 3. The van der Waals surface area contributed by atoms with Crippen LogP contribution in [0.3, 0.4) is 0 Å². The predicted molar refractivity (Wildman–Crippen MR) is 230 cm³/mol. The first kappa shape index (κ1) is 55.6. The molecule has 3 aromatic rings. The molecule has 17 heteroatoms. The van der Waals surface area contributed by atoms with Crippen LogP contribution in [0.2, 0.25) is 0 Å². The molecule has 0 spiro atoms. The number of allylic oxidation sites excluding steroid dienone is 1. The number of amides is 3. The maximum Gasteiger partial charge on any atom is 1.00 e. The molecular weight excluding hydrogens is 784 g/mol. The van der Waals surface area contributed by atoms with Crippen LogP contribution < -0.4 is 48.4 Å². The molecule has 0 unspecified atom stereocenters. The Labute approximate surface area is 390 Å². The zero-order valence-corrected chi connectivity index (χ0v) is 37.3. The number of benzene rings is 2. The van der Waals surface area contributed by atoms with E-state index in [-0.39, 0.29) is 76.4 Å². The fraction of sp³-hybridized carbons (Fsp3) is 0.455. The summed E-state index contributed by atoms with van der Waals surface area (Å²) in [6, 6.07) is 16.3. The smallest absolute Gasteiger partial charge is 0.538 e. The number of β-amino-alcohol motifs (C(OH)–C–C–N with tert-alkyl or cyclic N) is 1. The monoisotopic (exact) mass is 841 g/mol. The first-order valence-corrected chi connectivity index (χ1v) is 20.3. The number of hydrogen-bond donors (Lipinski definition) is 3. The molecule has 0 saturated carbocycles. The second-order valence-corrected chi connectivity index (χ2v) is 15.3. The van der Waals surface area contributed by atoms with Gasteiger partial charge in [0.25, 0.3) is 0 Å². The van der Waals surface area contributed by atoms with Gasteiger partial charge in [-0.15, -0.1) is 24.4 Å². The summed E-state index contributed by atoms with van der Waals surface area (Å²) in [6.07, 6.45) is 5.24. The van der Waals surface area contributed by atoms with Crippen molar-refractivity contribution in [2.45, 2.75) is 58.8 Å². The molecule has 0 aliphatic carbocycles. The van der Waals surface area contributed by atoms with Gasteiger partial charge < -0.3 is 76.2 Å². The molecule has 3 atom stereocenters. The fourth-order valence-electron chi connectivity index (χ4n) is 5.72. The summed E-state index contributed by atoms with van der Waals surface area (Å²) in [4.78, 5) is 56.0. The van der Waals surface area contributed by atoms with E-state index >= 15 is 0 Å². The number of likely N-dealkylation sites (tertiary alicyclic amines) is 1. The first-order valence-electron chi connectivity index (χ1n) is 19.4. The van der Waals surface area contributed by atoms with Gasteiger partial charge in [0.15, 0.2) is 0 Å². The Hall–Kier alpha value is -3.45. The van der Waals surface area contributed by atoms with Gasteiger partial charge in [0.05, 0.1) is 55.2 Å². The van der Waals surface area contributed by atoms with Crippen molar-refractivity contribution in [1.82, 2.24) is 25.4 Å². The molecule has 0 bridgehead atoms. The van der Waals surface area contributed by atoms with E-state index in [1.165, 1.54) is 11.0 Å². The topological polar surface area (TPSA) is 167 Å². The summed E-state index contributed by atoms with van der Waals surface area (Å²) in [5.74, 6) is -1.24. The van der Waals surface area contributed by atoms with Crippen LogP contribution in [0.4, 0.5) is 5.69 Å². The number of aromatic nitrogens is 1. The molecule has 0 radical (unpaired) electrons. The van der Waals surface area contributed by atoms with Crippen LogP contribution in [-0.2, 0) is 35.1 Å². The molecule has 3 amide bonds. The van der Waals surface area contributed by atoms with Crippen molar-refractivity contribution < 1.29 is 71.4 Å². The zero-order valence-electron chi connectivity index (χ0n) is 36.5. The van der Waals surface area contributed by atoms with Crippen molar-refractivity contribution in [2.24, 2.45) is 15.4 Å². The number of aryl methyl sites for hydroxylation is 1. The number of thiazole rings is 1. The molecule has 1 aromatic heterocycles. The number of rotatable bonds is 22. The average molecular weight is 842 g/mol. The molecule has 14 nitrogen and oxygen atoms in total. The maximum atomic E-state index is 13.8. The molecule has 3 N–H and O–H groups in total. The number of hydrogen-bond acceptors (Lipinski definition) is 11. The summed E-state index contributed by atoms with van der Waals surface area (Å²) in [5.41, 5.74) is 4.76. The fourth-order valence-corrected chi connectivity index (χ4v) is 6.53. The van der Waals surface area contributed by atoms with Gasteiger partial charge in [-0.1, -0.05) is 45.0 Å². The van der Waals surface area contributed by atoms with Crippen LogP contribution in [0.25, 0.3) is 10.4 Å². The Morgan fingerprint density at radius 2 is 1.75 bits per heavy atom. The third kappa shape index (κ3) is 20.5. The molecule has 1 fully saturated rings. The Morgan fingerprint density at radius 1 is 1.08 bits per heavy atom. The molecule has 1 aliphatic heterocycles. The van der Waals surface area contributed by atoms with Gasteiger partial charge in [0, 0.05) is 26.1 Å². The molecule has 4 rings (SSSR count). The molecule has 2 heterocycles. The Balaban J connectivity index is 0.00000114. The number of para-hydroxylation sites is 1. The minimum absolute atomic E-state index is 0. The first-order chi connectivity index (χ1) is 28.4. The van der Waals surface area contributed by atoms with Gasteiger partial charge >= 0.3 is 37.7 Å². The van der Waals surface area contributed by atoms with Crippen molar-refractivity contribution >= 4 is 47.3 Å². The van der Waals surface area contributed by atoms with E-state index < -0.39 is 35.4 Å². The molecular formula is C44H57Li2N7O7S-4. The second kappa shape index (κ2) is 30.6. The van der Waals surface area contributed by atoms with Crippen molar-refractivity contribution in [3.05, 3.63) is 97.9 Å². The van der Waals surface area contributed by atoms with Crippen LogP contribution in [0.1, 0.15) is 38.4 Å². The van der Waals surface area contributed by atoms with E-state index in [1.807, 2.05) is 69.6 Å². The molecule has 1 saturated heterocycles. The summed E-state index contributed by atoms with van der Waals surface area (Å²) < 4.78 is 16.5. The van der Waals surface area contributed by atoms with E-state index in [9.17, 15) is 19.5 Å². The third-order valence-electron chi connectivity index (χ3n) is 8.93. The van der Waals surface area contributed by atoms with Crippen molar-refractivity contribution in [3.8, 4) is 10.4 Å². The van der Waals surface area contributed by atoms with E-state index in [4.69, 9.17) is 20.8 Å². The average Bonchev–Trinajstić information content (AvgIpc) is 3.85. The zero-order chi connectivity index (χ0) is 43.0. The Bertz CT molecular complexity index is 1770. The van der Waals surface area contributed by atoms with Crippen LogP contribution in [-0.4, -0.2) is 134 Å². The number of carbonyl (C=O) groups is 3. The molecule has 61 heavy (non-hydrogen) atoms. The third-order valence-corrected chi connectivity index (χ3v) is 9.90. The quantitative estimate of drug-likeness (QED) is 0.0349. The minimum atomic E-state index is -0.932. The van der Waals surface area contributed by atoms with E-state index in [1.54, 1.807) is 23.5 Å². The van der Waals surface area contributed by atoms with Gasteiger partial charge in [-0.25, -0.2) is 4.98 Å². The summed E-state index contributed by atoms with van der Waals surface area (Å²) in [7, 11) is 0. The summed E-state index contributed by atoms with van der Waals surface area (Å²) in [6.45, 7) is 24.2. The van der Waals surface area contributed by atoms with Crippen LogP contribution >= 0.6 is 11.3 Å². The largest absolute Gasteiger partial charge is 1.00 e. The number of aliphatic hydroxyl groups excluding tert-OH is 1. The normalized spacial score (nSPS) is 15.4. The number of carbonyl (C=O) groups excluding carboxylic acids is 3. The van der Waals surface area contributed by atoms with Gasteiger partial charge in [-0.3, -0.25) is 38.4 Å². The van der Waals surface area contributed by atoms with Crippen LogP contribution in [0.15, 0.2) is 70.1 Å². The van der Waals surface area contributed by atoms with Gasteiger partial charge in [-0.05, 0) is 23.5 Å². The maximum absolute atomic E-state index is 13.8. The van der Waals surface area contributed by atoms with Gasteiger partial charge in [-0.2, -0.15) is 24.5 Å². The van der Waals surface area contributed by atoms with Crippen molar-refractivity contribution in [2.75, 3.05) is 65.8 Å². The second-order valence-electron chi connectivity index (χ2n) is 14.4. The van der Waals surface area contributed by atoms with Crippen LogP contribution in [0.5, 0.6) is 0 Å².